The molecule has 0 atom stereocenters. The molecule has 0 saturated carbocycles. The summed E-state index contributed by atoms with van der Waals surface area (Å²) in [5.74, 6) is 2.12. The number of rotatable bonds is 5. The number of ether oxygens (including phenoxy) is 2. The number of nitrogens with one attached hydrogen (secondary N) is 1. The second-order valence-corrected chi connectivity index (χ2v) is 6.47. The van der Waals surface area contributed by atoms with Crippen LogP contribution in [0.5, 0.6) is 11.5 Å². The van der Waals surface area contributed by atoms with E-state index in [9.17, 15) is 0 Å². The normalized spacial score (nSPS) is 10.7. The molecule has 4 rings (SSSR count). The molecule has 0 aliphatic rings. The molecule has 0 spiro atoms. The fourth-order valence-electron chi connectivity index (χ4n) is 2.85. The van der Waals surface area contributed by atoms with Crippen molar-refractivity contribution in [3.63, 3.8) is 0 Å². The van der Waals surface area contributed by atoms with Gasteiger partial charge in [0.2, 0.25) is 0 Å². The van der Waals surface area contributed by atoms with Crippen LogP contribution in [0.25, 0.3) is 21.3 Å². The number of anilines is 2. The Morgan fingerprint density at radius 3 is 2.50 bits per heavy atom. The summed E-state index contributed by atoms with van der Waals surface area (Å²) < 4.78 is 10.7. The molecule has 6 heteroatoms. The van der Waals surface area contributed by atoms with Crippen LogP contribution >= 0.6 is 11.3 Å². The zero-order valence-corrected chi connectivity index (χ0v) is 15.2. The molecule has 0 aliphatic heterocycles. The number of hydrogen-bond acceptors (Lipinski definition) is 6. The van der Waals surface area contributed by atoms with Crippen molar-refractivity contribution in [2.75, 3.05) is 19.5 Å². The Labute approximate surface area is 155 Å². The molecular weight excluding hydrogens is 346 g/mol. The van der Waals surface area contributed by atoms with Gasteiger partial charge in [-0.1, -0.05) is 30.3 Å². The van der Waals surface area contributed by atoms with Gasteiger partial charge in [0, 0.05) is 22.7 Å². The van der Waals surface area contributed by atoms with Crippen molar-refractivity contribution in [1.82, 2.24) is 9.97 Å². The lowest BCUT2D eigenvalue weighted by Crippen LogP contribution is -1.97. The summed E-state index contributed by atoms with van der Waals surface area (Å²) in [4.78, 5) is 9.83. The smallest absolute Gasteiger partial charge is 0.162 e. The van der Waals surface area contributed by atoms with Crippen molar-refractivity contribution in [2.45, 2.75) is 0 Å². The Balaban J connectivity index is 1.79. The second kappa shape index (κ2) is 7.01. The summed E-state index contributed by atoms with van der Waals surface area (Å²) in [5, 5.41) is 6.52. The Bertz CT molecular complexity index is 1050. The number of fused-ring (bicyclic) bond motifs is 1. The Hall–Kier alpha value is -3.12. The molecule has 2 aromatic carbocycles. The summed E-state index contributed by atoms with van der Waals surface area (Å²) in [6, 6.07) is 15.9. The van der Waals surface area contributed by atoms with Gasteiger partial charge in [-0.15, -0.1) is 11.3 Å². The number of methoxy groups -OCH3 is 2. The van der Waals surface area contributed by atoms with E-state index in [1.807, 2.05) is 36.4 Å². The van der Waals surface area contributed by atoms with Crippen LogP contribution < -0.4 is 14.8 Å². The minimum absolute atomic E-state index is 0.663. The fourth-order valence-corrected chi connectivity index (χ4v) is 3.77. The van der Waals surface area contributed by atoms with Crippen molar-refractivity contribution >= 4 is 33.1 Å². The molecule has 0 fully saturated rings. The lowest BCUT2D eigenvalue weighted by Gasteiger charge is -2.12. The maximum absolute atomic E-state index is 5.38. The highest BCUT2D eigenvalue weighted by Crippen LogP contribution is 2.38. The first-order chi connectivity index (χ1) is 12.8. The van der Waals surface area contributed by atoms with Gasteiger partial charge in [0.15, 0.2) is 11.5 Å². The van der Waals surface area contributed by atoms with E-state index in [2.05, 4.69) is 32.8 Å². The lowest BCUT2D eigenvalue weighted by atomic mass is 10.1. The first-order valence-corrected chi connectivity index (χ1v) is 8.95. The molecule has 0 saturated heterocycles. The van der Waals surface area contributed by atoms with E-state index in [1.54, 1.807) is 31.9 Å². The van der Waals surface area contributed by atoms with E-state index in [4.69, 9.17) is 9.47 Å². The van der Waals surface area contributed by atoms with E-state index in [1.165, 1.54) is 0 Å². The zero-order chi connectivity index (χ0) is 17.9. The van der Waals surface area contributed by atoms with Crippen LogP contribution in [0.1, 0.15) is 0 Å². The van der Waals surface area contributed by atoms with Gasteiger partial charge in [-0.2, -0.15) is 0 Å². The highest BCUT2D eigenvalue weighted by atomic mass is 32.1. The van der Waals surface area contributed by atoms with E-state index in [0.29, 0.717) is 11.5 Å². The predicted octanol–water partition coefficient (Wildman–Crippen LogP) is 5.12. The number of hydrogen-bond donors (Lipinski definition) is 1. The fraction of sp³-hybridized carbons (Fsp3) is 0.100. The summed E-state index contributed by atoms with van der Waals surface area (Å²) in [5.41, 5.74) is 3.13. The summed E-state index contributed by atoms with van der Waals surface area (Å²) in [7, 11) is 3.24. The first kappa shape index (κ1) is 16.4. The van der Waals surface area contributed by atoms with E-state index >= 15 is 0 Å². The van der Waals surface area contributed by atoms with Gasteiger partial charge in [-0.3, -0.25) is 0 Å². The van der Waals surface area contributed by atoms with Crippen LogP contribution in [-0.4, -0.2) is 24.2 Å². The molecule has 4 aromatic rings. The van der Waals surface area contributed by atoms with E-state index < -0.39 is 0 Å². The third-order valence-corrected chi connectivity index (χ3v) is 4.99. The molecule has 0 unspecified atom stereocenters. The van der Waals surface area contributed by atoms with Crippen LogP contribution in [0.2, 0.25) is 0 Å². The van der Waals surface area contributed by atoms with E-state index in [0.717, 1.165) is 32.8 Å². The van der Waals surface area contributed by atoms with Crippen molar-refractivity contribution in [3.05, 3.63) is 60.2 Å². The van der Waals surface area contributed by atoms with E-state index in [-0.39, 0.29) is 0 Å². The molecule has 1 N–H and O–H groups in total. The van der Waals surface area contributed by atoms with Gasteiger partial charge < -0.3 is 14.8 Å². The molecule has 2 heterocycles. The zero-order valence-electron chi connectivity index (χ0n) is 14.4. The first-order valence-electron chi connectivity index (χ1n) is 8.07. The molecule has 2 aromatic heterocycles. The van der Waals surface area contributed by atoms with Gasteiger partial charge in [0.25, 0.3) is 0 Å². The predicted molar refractivity (Wildman–Crippen MR) is 106 cm³/mol. The lowest BCUT2D eigenvalue weighted by molar-refractivity contribution is 0.355. The third kappa shape index (κ3) is 2.95. The van der Waals surface area contributed by atoms with Crippen molar-refractivity contribution < 1.29 is 9.47 Å². The monoisotopic (exact) mass is 363 g/mol. The summed E-state index contributed by atoms with van der Waals surface area (Å²) in [6.07, 6.45) is 1.58. The SMILES string of the molecule is COc1ccc(Nc2ncnc3scc(-c4ccccc4)c23)cc1OC. The number of aromatic nitrogens is 2. The molecule has 5 nitrogen and oxygen atoms in total. The van der Waals surface area contributed by atoms with Gasteiger partial charge >= 0.3 is 0 Å². The molecule has 0 radical (unpaired) electrons. The van der Waals surface area contributed by atoms with Crippen molar-refractivity contribution in [3.8, 4) is 22.6 Å². The Kier molecular flexibility index (Phi) is 4.41. The van der Waals surface area contributed by atoms with Gasteiger partial charge in [-0.25, -0.2) is 9.97 Å². The second-order valence-electron chi connectivity index (χ2n) is 5.61. The molecule has 0 amide bonds. The highest BCUT2D eigenvalue weighted by molar-refractivity contribution is 7.17. The molecular formula is C20H17N3O2S. The Morgan fingerprint density at radius 1 is 0.923 bits per heavy atom. The molecule has 0 aliphatic carbocycles. The average molecular weight is 363 g/mol. The largest absolute Gasteiger partial charge is 0.493 e. The highest BCUT2D eigenvalue weighted by Gasteiger charge is 2.14. The van der Waals surface area contributed by atoms with Gasteiger partial charge in [0.05, 0.1) is 19.6 Å². The number of nitrogens with zero attached hydrogens (tertiary/aromatic N) is 2. The average Bonchev–Trinajstić information content (AvgIpc) is 3.14. The van der Waals surface area contributed by atoms with Crippen LogP contribution in [0.3, 0.4) is 0 Å². The number of benzene rings is 2. The summed E-state index contributed by atoms with van der Waals surface area (Å²) in [6.45, 7) is 0. The van der Waals surface area contributed by atoms with Crippen LogP contribution in [-0.2, 0) is 0 Å². The molecule has 130 valence electrons. The third-order valence-electron chi connectivity index (χ3n) is 4.10. The van der Waals surface area contributed by atoms with Crippen LogP contribution in [0.15, 0.2) is 60.2 Å². The van der Waals surface area contributed by atoms with Gasteiger partial charge in [0.1, 0.15) is 17.0 Å². The minimum Gasteiger partial charge on any atom is -0.493 e. The van der Waals surface area contributed by atoms with Crippen LogP contribution in [0, 0.1) is 0 Å². The van der Waals surface area contributed by atoms with Crippen molar-refractivity contribution in [2.24, 2.45) is 0 Å². The number of thiophene rings is 1. The minimum atomic E-state index is 0.663. The van der Waals surface area contributed by atoms with Crippen LogP contribution in [0.4, 0.5) is 11.5 Å². The van der Waals surface area contributed by atoms with Crippen molar-refractivity contribution in [1.29, 1.82) is 0 Å². The quantitative estimate of drug-likeness (QED) is 0.533. The maximum atomic E-state index is 5.38. The standard InChI is InChI=1S/C20H17N3O2S/c1-24-16-9-8-14(10-17(16)25-2)23-19-18-15(13-6-4-3-5-7-13)11-26-20(18)22-12-21-19/h3-12H,1-2H3,(H,21,22,23). The van der Waals surface area contributed by atoms with Gasteiger partial charge in [-0.05, 0) is 17.7 Å². The summed E-state index contributed by atoms with van der Waals surface area (Å²) >= 11 is 1.61. The molecule has 0 bridgehead atoms. The maximum Gasteiger partial charge on any atom is 0.162 e. The Morgan fingerprint density at radius 2 is 1.73 bits per heavy atom. The topological polar surface area (TPSA) is 56.3 Å². The molecule has 26 heavy (non-hydrogen) atoms.